The van der Waals surface area contributed by atoms with Crippen LogP contribution in [0.4, 0.5) is 18.0 Å². The van der Waals surface area contributed by atoms with Crippen molar-refractivity contribution in [1.82, 2.24) is 10.2 Å². The Morgan fingerprint density at radius 2 is 1.53 bits per heavy atom. The number of likely N-dealkylation sites (tertiary alicyclic amines) is 1. The lowest BCUT2D eigenvalue weighted by Gasteiger charge is -2.35. The quantitative estimate of drug-likeness (QED) is 0.673. The Morgan fingerprint density at radius 3 is 1.90 bits per heavy atom. The third-order valence-electron chi connectivity index (χ3n) is 4.29. The molecule has 1 heterocycles. The van der Waals surface area contributed by atoms with Gasteiger partial charge in [-0.1, -0.05) is 34.6 Å². The number of esters is 1. The summed E-state index contributed by atoms with van der Waals surface area (Å²) in [5, 5.41) is 2.36. The second-order valence-electron chi connectivity index (χ2n) is 8.95. The number of ether oxygens (including phenoxy) is 2. The highest BCUT2D eigenvalue weighted by Gasteiger charge is 2.53. The van der Waals surface area contributed by atoms with Gasteiger partial charge in [0.05, 0.1) is 13.0 Å². The number of hydrogen-bond acceptors (Lipinski definition) is 5. The predicted molar refractivity (Wildman–Crippen MR) is 106 cm³/mol. The Labute approximate surface area is 176 Å². The number of nitrogens with zero attached hydrogens (tertiary/aromatic N) is 1. The fourth-order valence-corrected chi connectivity index (χ4v) is 2.90. The fraction of sp³-hybridized carbons (Fsp3) is 0.850. The van der Waals surface area contributed by atoms with Crippen molar-refractivity contribution in [2.75, 3.05) is 13.7 Å². The molecule has 0 bridgehead atoms. The summed E-state index contributed by atoms with van der Waals surface area (Å²) in [6, 6.07) is -2.57. The summed E-state index contributed by atoms with van der Waals surface area (Å²) in [4.78, 5) is 38.1. The van der Waals surface area contributed by atoms with E-state index in [1.807, 2.05) is 13.8 Å². The van der Waals surface area contributed by atoms with Crippen molar-refractivity contribution < 1.29 is 37.0 Å². The van der Waals surface area contributed by atoms with Gasteiger partial charge in [0.1, 0.15) is 17.7 Å². The first kappa shape index (κ1) is 28.0. The number of carbonyl (C=O) groups excluding carboxylic acids is 3. The van der Waals surface area contributed by atoms with E-state index in [9.17, 15) is 27.6 Å². The standard InChI is InChI=1S/C18H29F3N2O5.C2H6/c1-16(2,3)12(22-15(26)27-7)13(24)23-9-10(18(19,20)21)8-11(23)14(25)28-17(4,5)6;1-2/h10-12H,8-9H2,1-7H3,(H,22,26);1-2H3/t10-,11-,12?;/m1./s1. The number of rotatable bonds is 3. The molecule has 3 atom stereocenters. The molecule has 0 saturated carbocycles. The van der Waals surface area contributed by atoms with Crippen LogP contribution in [0.1, 0.15) is 61.8 Å². The van der Waals surface area contributed by atoms with E-state index in [2.05, 4.69) is 10.1 Å². The monoisotopic (exact) mass is 440 g/mol. The largest absolute Gasteiger partial charge is 0.458 e. The average Bonchev–Trinajstić information content (AvgIpc) is 3.04. The maximum Gasteiger partial charge on any atom is 0.407 e. The topological polar surface area (TPSA) is 84.9 Å². The molecule has 0 aromatic carbocycles. The lowest BCUT2D eigenvalue weighted by atomic mass is 9.85. The van der Waals surface area contributed by atoms with E-state index in [0.717, 1.165) is 12.0 Å². The van der Waals surface area contributed by atoms with E-state index in [4.69, 9.17) is 4.74 Å². The van der Waals surface area contributed by atoms with Gasteiger partial charge in [-0.25, -0.2) is 9.59 Å². The van der Waals surface area contributed by atoms with Crippen LogP contribution in [0.3, 0.4) is 0 Å². The van der Waals surface area contributed by atoms with Crippen molar-refractivity contribution in [3.8, 4) is 0 Å². The molecule has 1 fully saturated rings. The summed E-state index contributed by atoms with van der Waals surface area (Å²) in [5.41, 5.74) is -1.75. The SMILES string of the molecule is CC.COC(=O)NC(C(=O)N1C[C@H](C(F)(F)F)C[C@@H]1C(=O)OC(C)(C)C)C(C)(C)C. The number of halogens is 3. The highest BCUT2D eigenvalue weighted by Crippen LogP contribution is 2.38. The highest BCUT2D eigenvalue weighted by atomic mass is 19.4. The molecule has 1 N–H and O–H groups in total. The van der Waals surface area contributed by atoms with Gasteiger partial charge in [0.2, 0.25) is 5.91 Å². The lowest BCUT2D eigenvalue weighted by Crippen LogP contribution is -2.57. The number of amides is 2. The molecule has 176 valence electrons. The molecule has 1 rings (SSSR count). The molecule has 1 unspecified atom stereocenters. The third-order valence-corrected chi connectivity index (χ3v) is 4.29. The zero-order chi connectivity index (χ0) is 24.1. The molecule has 0 spiro atoms. The van der Waals surface area contributed by atoms with Gasteiger partial charge in [0.25, 0.3) is 0 Å². The predicted octanol–water partition coefficient (Wildman–Crippen LogP) is 3.90. The number of hydrogen-bond donors (Lipinski definition) is 1. The van der Waals surface area contributed by atoms with E-state index in [1.165, 1.54) is 0 Å². The van der Waals surface area contributed by atoms with Crippen LogP contribution in [-0.2, 0) is 19.1 Å². The van der Waals surface area contributed by atoms with Crippen LogP contribution in [0, 0.1) is 11.3 Å². The van der Waals surface area contributed by atoms with Crippen molar-refractivity contribution >= 4 is 18.0 Å². The minimum absolute atomic E-state index is 0.584. The number of methoxy groups -OCH3 is 1. The molecule has 10 heteroatoms. The van der Waals surface area contributed by atoms with Crippen LogP contribution in [-0.4, -0.2) is 60.4 Å². The van der Waals surface area contributed by atoms with Crippen LogP contribution >= 0.6 is 0 Å². The summed E-state index contributed by atoms with van der Waals surface area (Å²) >= 11 is 0. The summed E-state index contributed by atoms with van der Waals surface area (Å²) in [6.07, 6.45) is -6.05. The summed E-state index contributed by atoms with van der Waals surface area (Å²) in [5.74, 6) is -3.55. The third kappa shape index (κ3) is 8.02. The van der Waals surface area contributed by atoms with Gasteiger partial charge >= 0.3 is 18.2 Å². The molecular formula is C20H35F3N2O5. The molecule has 1 aliphatic heterocycles. The van der Waals surface area contributed by atoms with Crippen molar-refractivity contribution in [3.05, 3.63) is 0 Å². The van der Waals surface area contributed by atoms with Crippen molar-refractivity contribution in [2.45, 2.75) is 85.7 Å². The van der Waals surface area contributed by atoms with Gasteiger partial charge in [0, 0.05) is 6.54 Å². The molecule has 0 aromatic rings. The van der Waals surface area contributed by atoms with Gasteiger partial charge in [-0.15, -0.1) is 0 Å². The Morgan fingerprint density at radius 1 is 1.03 bits per heavy atom. The van der Waals surface area contributed by atoms with Crippen LogP contribution in [0.5, 0.6) is 0 Å². The Balaban J connectivity index is 0.00000407. The number of carbonyl (C=O) groups is 3. The average molecular weight is 441 g/mol. The van der Waals surface area contributed by atoms with Crippen LogP contribution in [0.15, 0.2) is 0 Å². The Kier molecular flexibility index (Phi) is 9.66. The second-order valence-corrected chi connectivity index (χ2v) is 8.95. The Hall–Kier alpha value is -2.00. The molecule has 30 heavy (non-hydrogen) atoms. The van der Waals surface area contributed by atoms with Gasteiger partial charge in [0.15, 0.2) is 0 Å². The van der Waals surface area contributed by atoms with Crippen LogP contribution in [0.2, 0.25) is 0 Å². The van der Waals surface area contributed by atoms with Crippen LogP contribution < -0.4 is 5.32 Å². The molecule has 0 aliphatic carbocycles. The van der Waals surface area contributed by atoms with Gasteiger partial charge in [-0.2, -0.15) is 13.2 Å². The molecule has 7 nitrogen and oxygen atoms in total. The normalized spacial score (nSPS) is 20.6. The summed E-state index contributed by atoms with van der Waals surface area (Å²) < 4.78 is 49.6. The Bertz CT molecular complexity index is 609. The van der Waals surface area contributed by atoms with E-state index >= 15 is 0 Å². The molecular weight excluding hydrogens is 405 g/mol. The molecule has 0 radical (unpaired) electrons. The van der Waals surface area contributed by atoms with Gasteiger partial charge in [-0.3, -0.25) is 4.79 Å². The maximum absolute atomic E-state index is 13.3. The van der Waals surface area contributed by atoms with Gasteiger partial charge in [-0.05, 0) is 32.6 Å². The van der Waals surface area contributed by atoms with E-state index in [1.54, 1.807) is 41.5 Å². The summed E-state index contributed by atoms with van der Waals surface area (Å²) in [6.45, 7) is 13.0. The molecule has 2 amide bonds. The van der Waals surface area contributed by atoms with E-state index in [0.29, 0.717) is 0 Å². The first-order chi connectivity index (χ1) is 13.5. The van der Waals surface area contributed by atoms with Crippen LogP contribution in [0.25, 0.3) is 0 Å². The van der Waals surface area contributed by atoms with Crippen molar-refractivity contribution in [1.29, 1.82) is 0 Å². The fourth-order valence-electron chi connectivity index (χ4n) is 2.90. The zero-order valence-corrected chi connectivity index (χ0v) is 19.3. The lowest BCUT2D eigenvalue weighted by molar-refractivity contribution is -0.171. The zero-order valence-electron chi connectivity index (χ0n) is 19.3. The van der Waals surface area contributed by atoms with E-state index < -0.39 is 66.1 Å². The van der Waals surface area contributed by atoms with Crippen molar-refractivity contribution in [3.63, 3.8) is 0 Å². The number of alkyl carbamates (subject to hydrolysis) is 1. The minimum atomic E-state index is -4.57. The first-order valence-corrected chi connectivity index (χ1v) is 9.92. The first-order valence-electron chi connectivity index (χ1n) is 9.92. The number of nitrogens with one attached hydrogen (secondary N) is 1. The summed E-state index contributed by atoms with van der Waals surface area (Å²) in [7, 11) is 1.11. The molecule has 0 aromatic heterocycles. The minimum Gasteiger partial charge on any atom is -0.458 e. The number of alkyl halides is 3. The van der Waals surface area contributed by atoms with Gasteiger partial charge < -0.3 is 19.7 Å². The second kappa shape index (κ2) is 10.3. The smallest absolute Gasteiger partial charge is 0.407 e. The van der Waals surface area contributed by atoms with Crippen molar-refractivity contribution in [2.24, 2.45) is 11.3 Å². The molecule has 1 saturated heterocycles. The van der Waals surface area contributed by atoms with E-state index in [-0.39, 0.29) is 0 Å². The molecule has 1 aliphatic rings. The highest BCUT2D eigenvalue weighted by molar-refractivity contribution is 5.91. The maximum atomic E-state index is 13.3.